The van der Waals surface area contributed by atoms with Crippen molar-refractivity contribution in [2.24, 2.45) is 11.8 Å². The van der Waals surface area contributed by atoms with Gasteiger partial charge in [-0.2, -0.15) is 0 Å². The van der Waals surface area contributed by atoms with Crippen molar-refractivity contribution < 1.29 is 19.8 Å². The highest BCUT2D eigenvalue weighted by Gasteiger charge is 2.34. The Morgan fingerprint density at radius 1 is 1.45 bits per heavy atom. The molecule has 1 aromatic rings. The van der Waals surface area contributed by atoms with E-state index < -0.39 is 11.7 Å². The number of phenols is 1. The van der Waals surface area contributed by atoms with Gasteiger partial charge < -0.3 is 20.4 Å². The first-order chi connectivity index (χ1) is 9.40. The summed E-state index contributed by atoms with van der Waals surface area (Å²) in [6.45, 7) is 2.80. The molecule has 0 bridgehead atoms. The van der Waals surface area contributed by atoms with Crippen molar-refractivity contribution in [3.05, 3.63) is 23.8 Å². The molecule has 0 radical (unpaired) electrons. The topological polar surface area (TPSA) is 89.9 Å². The first kappa shape index (κ1) is 14.2. The first-order valence-electron chi connectivity index (χ1n) is 6.47. The molecule has 2 rings (SSSR count). The Balaban J connectivity index is 2.03. The van der Waals surface area contributed by atoms with Gasteiger partial charge >= 0.3 is 12.0 Å². The molecule has 1 aliphatic rings. The highest BCUT2D eigenvalue weighted by Crippen LogP contribution is 2.38. The Bertz CT molecular complexity index is 544. The van der Waals surface area contributed by atoms with Crippen LogP contribution in [0.1, 0.15) is 23.7 Å². The molecule has 1 aliphatic carbocycles. The molecule has 20 heavy (non-hydrogen) atoms. The third-order valence-corrected chi connectivity index (χ3v) is 3.64. The number of hydrogen-bond donors (Lipinski definition) is 3. The SMILES string of the molecule is CC1CC1CN(C)C(=O)Nc1cccc(C(=O)O)c1O. The van der Waals surface area contributed by atoms with Crippen molar-refractivity contribution in [3.63, 3.8) is 0 Å². The maximum atomic E-state index is 12.0. The number of nitrogens with one attached hydrogen (secondary N) is 1. The normalized spacial score (nSPS) is 20.3. The fourth-order valence-electron chi connectivity index (χ4n) is 2.12. The molecule has 1 saturated carbocycles. The minimum absolute atomic E-state index is 0.102. The number of para-hydroxylation sites is 1. The largest absolute Gasteiger partial charge is 0.505 e. The van der Waals surface area contributed by atoms with Crippen molar-refractivity contribution in [2.75, 3.05) is 18.9 Å². The van der Waals surface area contributed by atoms with Crippen molar-refractivity contribution in [3.8, 4) is 5.75 Å². The molecule has 0 aliphatic heterocycles. The van der Waals surface area contributed by atoms with Crippen molar-refractivity contribution in [1.82, 2.24) is 4.90 Å². The van der Waals surface area contributed by atoms with Crippen molar-refractivity contribution in [1.29, 1.82) is 0 Å². The van der Waals surface area contributed by atoms with Gasteiger partial charge in [0.05, 0.1) is 5.69 Å². The Morgan fingerprint density at radius 2 is 2.10 bits per heavy atom. The molecule has 1 fully saturated rings. The van der Waals surface area contributed by atoms with E-state index in [9.17, 15) is 14.7 Å². The molecule has 2 atom stereocenters. The molecular weight excluding hydrogens is 260 g/mol. The summed E-state index contributed by atoms with van der Waals surface area (Å²) in [5, 5.41) is 21.2. The van der Waals surface area contributed by atoms with E-state index in [2.05, 4.69) is 12.2 Å². The lowest BCUT2D eigenvalue weighted by atomic mass is 10.1. The van der Waals surface area contributed by atoms with Gasteiger partial charge in [0.2, 0.25) is 0 Å². The zero-order chi connectivity index (χ0) is 14.9. The van der Waals surface area contributed by atoms with Crippen LogP contribution in [0.2, 0.25) is 0 Å². The predicted octanol–water partition coefficient (Wildman–Crippen LogP) is 2.21. The van der Waals surface area contributed by atoms with Gasteiger partial charge in [0.1, 0.15) is 5.56 Å². The molecule has 6 heteroatoms. The molecule has 1 aromatic carbocycles. The van der Waals surface area contributed by atoms with Gasteiger partial charge in [0, 0.05) is 13.6 Å². The van der Waals surface area contributed by atoms with E-state index >= 15 is 0 Å². The third kappa shape index (κ3) is 3.01. The summed E-state index contributed by atoms with van der Waals surface area (Å²) in [6, 6.07) is 3.86. The number of amides is 2. The second-order valence-electron chi connectivity index (χ2n) is 5.29. The van der Waals surface area contributed by atoms with E-state index in [1.807, 2.05) is 0 Å². The maximum absolute atomic E-state index is 12.0. The van der Waals surface area contributed by atoms with Gasteiger partial charge in [0.15, 0.2) is 5.75 Å². The number of carboxylic acids is 1. The van der Waals surface area contributed by atoms with Gasteiger partial charge in [-0.05, 0) is 30.4 Å². The molecule has 108 valence electrons. The van der Waals surface area contributed by atoms with Gasteiger partial charge in [-0.1, -0.05) is 13.0 Å². The van der Waals surface area contributed by atoms with Crippen LogP contribution in [0.15, 0.2) is 18.2 Å². The monoisotopic (exact) mass is 278 g/mol. The van der Waals surface area contributed by atoms with Crippen molar-refractivity contribution >= 4 is 17.7 Å². The average Bonchev–Trinajstić information content (AvgIpc) is 3.06. The molecule has 2 amide bonds. The second-order valence-corrected chi connectivity index (χ2v) is 5.29. The lowest BCUT2D eigenvalue weighted by Crippen LogP contribution is -2.33. The number of aromatic hydroxyl groups is 1. The average molecular weight is 278 g/mol. The molecule has 6 nitrogen and oxygen atoms in total. The van der Waals surface area contributed by atoms with Crippen LogP contribution in [-0.4, -0.2) is 40.7 Å². The number of aromatic carboxylic acids is 1. The van der Waals surface area contributed by atoms with Crippen LogP contribution < -0.4 is 5.32 Å². The Labute approximate surface area is 117 Å². The fraction of sp³-hybridized carbons (Fsp3) is 0.429. The van der Waals surface area contributed by atoms with E-state index in [0.717, 1.165) is 6.42 Å². The van der Waals surface area contributed by atoms with Crippen LogP contribution in [0.25, 0.3) is 0 Å². The Morgan fingerprint density at radius 3 is 2.65 bits per heavy atom. The summed E-state index contributed by atoms with van der Waals surface area (Å²) >= 11 is 0. The minimum Gasteiger partial charge on any atom is -0.505 e. The molecule has 0 aromatic heterocycles. The van der Waals surface area contributed by atoms with Crippen LogP contribution in [0.5, 0.6) is 5.75 Å². The van der Waals surface area contributed by atoms with E-state index in [1.165, 1.54) is 18.2 Å². The number of carbonyl (C=O) groups excluding carboxylic acids is 1. The first-order valence-corrected chi connectivity index (χ1v) is 6.47. The maximum Gasteiger partial charge on any atom is 0.339 e. The zero-order valence-corrected chi connectivity index (χ0v) is 11.5. The number of carbonyl (C=O) groups is 2. The minimum atomic E-state index is -1.24. The number of nitrogens with zero attached hydrogens (tertiary/aromatic N) is 1. The highest BCUT2D eigenvalue weighted by atomic mass is 16.4. The van der Waals surface area contributed by atoms with Gasteiger partial charge in [-0.25, -0.2) is 9.59 Å². The summed E-state index contributed by atoms with van der Waals surface area (Å²) in [7, 11) is 1.68. The lowest BCUT2D eigenvalue weighted by molar-refractivity contribution is 0.0693. The number of hydrogen-bond acceptors (Lipinski definition) is 3. The van der Waals surface area contributed by atoms with Crippen molar-refractivity contribution in [2.45, 2.75) is 13.3 Å². The van der Waals surface area contributed by atoms with Gasteiger partial charge in [-0.3, -0.25) is 0 Å². The summed E-state index contributed by atoms with van der Waals surface area (Å²) in [6.07, 6.45) is 1.12. The van der Waals surface area contributed by atoms with E-state index in [0.29, 0.717) is 18.4 Å². The fourth-order valence-corrected chi connectivity index (χ4v) is 2.12. The number of carboxylic acid groups (broad SMARTS) is 1. The standard InChI is InChI=1S/C14H18N2O4/c1-8-6-9(8)7-16(2)14(20)15-11-5-3-4-10(12(11)17)13(18)19/h3-5,8-9,17H,6-7H2,1-2H3,(H,15,20)(H,18,19). The highest BCUT2D eigenvalue weighted by molar-refractivity contribution is 5.97. The molecule has 3 N–H and O–H groups in total. The number of rotatable bonds is 4. The van der Waals surface area contributed by atoms with E-state index in [4.69, 9.17) is 5.11 Å². The summed E-state index contributed by atoms with van der Waals surface area (Å²) in [5.41, 5.74) is -0.133. The lowest BCUT2D eigenvalue weighted by Gasteiger charge is -2.18. The van der Waals surface area contributed by atoms with Crippen LogP contribution in [0, 0.1) is 11.8 Å². The third-order valence-electron chi connectivity index (χ3n) is 3.64. The predicted molar refractivity (Wildman–Crippen MR) is 74.0 cm³/mol. The van der Waals surface area contributed by atoms with Crippen LogP contribution in [0.3, 0.4) is 0 Å². The summed E-state index contributed by atoms with van der Waals surface area (Å²) in [5.74, 6) is -0.487. The van der Waals surface area contributed by atoms with Crippen LogP contribution >= 0.6 is 0 Å². The van der Waals surface area contributed by atoms with E-state index in [1.54, 1.807) is 11.9 Å². The Hall–Kier alpha value is -2.24. The molecule has 2 unspecified atom stereocenters. The summed E-state index contributed by atoms with van der Waals surface area (Å²) < 4.78 is 0. The number of anilines is 1. The smallest absolute Gasteiger partial charge is 0.339 e. The van der Waals surface area contributed by atoms with Crippen LogP contribution in [0.4, 0.5) is 10.5 Å². The Kier molecular flexibility index (Phi) is 3.83. The zero-order valence-electron chi connectivity index (χ0n) is 11.5. The number of urea groups is 1. The second kappa shape index (κ2) is 5.40. The number of benzene rings is 1. The molecule has 0 saturated heterocycles. The molecule has 0 spiro atoms. The molecular formula is C14H18N2O4. The van der Waals surface area contributed by atoms with Crippen LogP contribution in [-0.2, 0) is 0 Å². The van der Waals surface area contributed by atoms with Gasteiger partial charge in [-0.15, -0.1) is 0 Å². The quantitative estimate of drug-likeness (QED) is 0.736. The summed E-state index contributed by atoms with van der Waals surface area (Å²) in [4.78, 5) is 24.4. The van der Waals surface area contributed by atoms with E-state index in [-0.39, 0.29) is 17.3 Å². The molecule has 0 heterocycles. The van der Waals surface area contributed by atoms with Gasteiger partial charge in [0.25, 0.3) is 0 Å².